The summed E-state index contributed by atoms with van der Waals surface area (Å²) in [6.45, 7) is 0. The van der Waals surface area contributed by atoms with Gasteiger partial charge in [0.2, 0.25) is 0 Å². The molecular formula is C17H12F2N2S. The largest absolute Gasteiger partial charge is 0.231 e. The Bertz CT molecular complexity index is 685. The summed E-state index contributed by atoms with van der Waals surface area (Å²) in [4.78, 5) is 8.42. The van der Waals surface area contributed by atoms with E-state index in [4.69, 9.17) is 0 Å². The lowest BCUT2D eigenvalue weighted by molar-refractivity contribution is 0.626. The minimum absolute atomic E-state index is 0.136. The van der Waals surface area contributed by atoms with E-state index in [1.807, 2.05) is 0 Å². The van der Waals surface area contributed by atoms with Crippen molar-refractivity contribution in [2.75, 3.05) is 0 Å². The van der Waals surface area contributed by atoms with Gasteiger partial charge in [0.05, 0.1) is 5.25 Å². The van der Waals surface area contributed by atoms with Crippen LogP contribution in [0.5, 0.6) is 0 Å². The highest BCUT2D eigenvalue weighted by Crippen LogP contribution is 2.38. The van der Waals surface area contributed by atoms with E-state index in [2.05, 4.69) is 9.97 Å². The number of nitrogens with zero attached hydrogens (tertiary/aromatic N) is 2. The van der Waals surface area contributed by atoms with Crippen molar-refractivity contribution in [1.29, 1.82) is 0 Å². The molecule has 1 aromatic heterocycles. The molecule has 2 aromatic carbocycles. The molecule has 0 atom stereocenters. The maximum atomic E-state index is 13.2. The topological polar surface area (TPSA) is 25.8 Å². The van der Waals surface area contributed by atoms with Gasteiger partial charge < -0.3 is 0 Å². The van der Waals surface area contributed by atoms with Crippen LogP contribution >= 0.6 is 11.8 Å². The number of rotatable bonds is 4. The van der Waals surface area contributed by atoms with E-state index in [0.29, 0.717) is 5.16 Å². The number of thioether (sulfide) groups is 1. The lowest BCUT2D eigenvalue weighted by atomic mass is 10.0. The quantitative estimate of drug-likeness (QED) is 0.518. The maximum Gasteiger partial charge on any atom is 0.188 e. The fourth-order valence-corrected chi connectivity index (χ4v) is 3.10. The maximum absolute atomic E-state index is 13.2. The predicted molar refractivity (Wildman–Crippen MR) is 82.5 cm³/mol. The van der Waals surface area contributed by atoms with E-state index in [1.165, 1.54) is 36.0 Å². The summed E-state index contributed by atoms with van der Waals surface area (Å²) in [6.07, 6.45) is 3.34. The van der Waals surface area contributed by atoms with E-state index in [-0.39, 0.29) is 16.9 Å². The zero-order valence-corrected chi connectivity index (χ0v) is 12.3. The van der Waals surface area contributed by atoms with Crippen molar-refractivity contribution < 1.29 is 8.78 Å². The number of aromatic nitrogens is 2. The normalized spacial score (nSPS) is 10.9. The molecule has 0 N–H and O–H groups in total. The van der Waals surface area contributed by atoms with Gasteiger partial charge in [0.25, 0.3) is 0 Å². The second-order valence-corrected chi connectivity index (χ2v) is 5.70. The third-order valence-electron chi connectivity index (χ3n) is 3.11. The highest BCUT2D eigenvalue weighted by molar-refractivity contribution is 7.99. The fourth-order valence-electron chi connectivity index (χ4n) is 2.06. The van der Waals surface area contributed by atoms with Crippen molar-refractivity contribution in [2.24, 2.45) is 0 Å². The van der Waals surface area contributed by atoms with Crippen LogP contribution in [0.15, 0.2) is 72.1 Å². The zero-order valence-electron chi connectivity index (χ0n) is 11.5. The summed E-state index contributed by atoms with van der Waals surface area (Å²) in [6, 6.07) is 14.3. The Kier molecular flexibility index (Phi) is 4.44. The molecule has 5 heteroatoms. The van der Waals surface area contributed by atoms with Crippen LogP contribution < -0.4 is 0 Å². The van der Waals surface area contributed by atoms with Crippen molar-refractivity contribution in [3.05, 3.63) is 89.8 Å². The van der Waals surface area contributed by atoms with Gasteiger partial charge >= 0.3 is 0 Å². The molecule has 0 radical (unpaired) electrons. The third kappa shape index (κ3) is 3.49. The van der Waals surface area contributed by atoms with E-state index in [1.54, 1.807) is 42.7 Å². The summed E-state index contributed by atoms with van der Waals surface area (Å²) >= 11 is 1.44. The lowest BCUT2D eigenvalue weighted by Crippen LogP contribution is -1.99. The van der Waals surface area contributed by atoms with E-state index in [9.17, 15) is 8.78 Å². The third-order valence-corrected chi connectivity index (χ3v) is 4.31. The van der Waals surface area contributed by atoms with Crippen molar-refractivity contribution in [2.45, 2.75) is 10.4 Å². The summed E-state index contributed by atoms with van der Waals surface area (Å²) in [5, 5.41) is 0.477. The Morgan fingerprint density at radius 1 is 0.727 bits per heavy atom. The molecular weight excluding hydrogens is 302 g/mol. The van der Waals surface area contributed by atoms with Crippen molar-refractivity contribution in [1.82, 2.24) is 9.97 Å². The first-order valence-corrected chi connectivity index (χ1v) is 7.55. The first-order valence-electron chi connectivity index (χ1n) is 6.67. The summed E-state index contributed by atoms with van der Waals surface area (Å²) in [5.41, 5.74) is 1.82. The zero-order chi connectivity index (χ0) is 15.4. The number of hydrogen-bond acceptors (Lipinski definition) is 3. The average molecular weight is 314 g/mol. The fraction of sp³-hybridized carbons (Fsp3) is 0.0588. The van der Waals surface area contributed by atoms with Crippen molar-refractivity contribution in [3.8, 4) is 0 Å². The molecule has 0 aliphatic carbocycles. The minimum Gasteiger partial charge on any atom is -0.231 e. The van der Waals surface area contributed by atoms with E-state index < -0.39 is 0 Å². The number of hydrogen-bond donors (Lipinski definition) is 0. The first kappa shape index (κ1) is 14.7. The second kappa shape index (κ2) is 6.66. The van der Waals surface area contributed by atoms with Gasteiger partial charge in [-0.1, -0.05) is 36.0 Å². The standard InChI is InChI=1S/C17H12F2N2S/c18-14-6-2-12(3-7-14)16(13-4-8-15(19)9-5-13)22-17-20-10-1-11-21-17/h1-11,16H. The monoisotopic (exact) mass is 314 g/mol. The Morgan fingerprint density at radius 3 is 1.64 bits per heavy atom. The second-order valence-electron chi connectivity index (χ2n) is 4.63. The van der Waals surface area contributed by atoms with Crippen LogP contribution in [0.4, 0.5) is 8.78 Å². The number of halogens is 2. The van der Waals surface area contributed by atoms with Gasteiger partial charge in [-0.05, 0) is 41.5 Å². The minimum atomic E-state index is -0.289. The smallest absolute Gasteiger partial charge is 0.188 e. The molecule has 3 aromatic rings. The number of benzene rings is 2. The molecule has 22 heavy (non-hydrogen) atoms. The van der Waals surface area contributed by atoms with E-state index in [0.717, 1.165) is 11.1 Å². The van der Waals surface area contributed by atoms with Gasteiger partial charge in [-0.25, -0.2) is 18.7 Å². The van der Waals surface area contributed by atoms with Crippen LogP contribution in [0.1, 0.15) is 16.4 Å². The molecule has 0 unspecified atom stereocenters. The van der Waals surface area contributed by atoms with E-state index >= 15 is 0 Å². The van der Waals surface area contributed by atoms with Crippen LogP contribution in [0.2, 0.25) is 0 Å². The Labute approximate surface area is 131 Å². The molecule has 110 valence electrons. The van der Waals surface area contributed by atoms with Gasteiger partial charge in [0.15, 0.2) is 5.16 Å². The highest BCUT2D eigenvalue weighted by atomic mass is 32.2. The van der Waals surface area contributed by atoms with Gasteiger partial charge in [0.1, 0.15) is 11.6 Å². The molecule has 0 saturated carbocycles. The highest BCUT2D eigenvalue weighted by Gasteiger charge is 2.17. The molecule has 0 aliphatic heterocycles. The SMILES string of the molecule is Fc1ccc(C(Sc2ncccn2)c2ccc(F)cc2)cc1. The lowest BCUT2D eigenvalue weighted by Gasteiger charge is -2.16. The summed E-state index contributed by atoms with van der Waals surface area (Å²) in [7, 11) is 0. The molecule has 0 fully saturated rings. The first-order chi connectivity index (χ1) is 10.7. The van der Waals surface area contributed by atoms with Crippen LogP contribution in [-0.2, 0) is 0 Å². The van der Waals surface area contributed by atoms with Crippen molar-refractivity contribution >= 4 is 11.8 Å². The molecule has 0 saturated heterocycles. The summed E-state index contributed by atoms with van der Waals surface area (Å²) < 4.78 is 26.3. The van der Waals surface area contributed by atoms with Crippen LogP contribution in [0.25, 0.3) is 0 Å². The Balaban J connectivity index is 1.97. The van der Waals surface area contributed by atoms with Crippen molar-refractivity contribution in [3.63, 3.8) is 0 Å². The molecule has 0 bridgehead atoms. The van der Waals surface area contributed by atoms with Gasteiger partial charge in [-0.2, -0.15) is 0 Å². The van der Waals surface area contributed by atoms with Gasteiger partial charge in [-0.15, -0.1) is 0 Å². The molecule has 1 heterocycles. The predicted octanol–water partition coefficient (Wildman–Crippen LogP) is 4.64. The molecule has 0 aliphatic rings. The summed E-state index contributed by atoms with van der Waals surface area (Å²) in [5.74, 6) is -0.579. The van der Waals surface area contributed by atoms with Crippen LogP contribution in [-0.4, -0.2) is 9.97 Å². The molecule has 3 rings (SSSR count). The molecule has 0 spiro atoms. The Hall–Kier alpha value is -2.27. The Morgan fingerprint density at radius 2 is 1.18 bits per heavy atom. The van der Waals surface area contributed by atoms with Crippen LogP contribution in [0, 0.1) is 11.6 Å². The van der Waals surface area contributed by atoms with Gasteiger partial charge in [-0.3, -0.25) is 0 Å². The van der Waals surface area contributed by atoms with Crippen LogP contribution in [0.3, 0.4) is 0 Å². The van der Waals surface area contributed by atoms with Gasteiger partial charge in [0, 0.05) is 12.4 Å². The molecule has 2 nitrogen and oxygen atoms in total. The molecule has 0 amide bonds. The average Bonchev–Trinajstić information content (AvgIpc) is 2.56.